The largest absolute Gasteiger partial charge is 0.496 e. The number of esters is 1. The molecule has 2 aromatic heterocycles. The van der Waals surface area contributed by atoms with Crippen LogP contribution in [0.1, 0.15) is 60.6 Å². The third-order valence-corrected chi connectivity index (χ3v) is 8.16. The maximum Gasteiger partial charge on any atom is 0.348 e. The SMILES string of the molecule is CCOC(=O)c1sc2c(c1C)c(=O)n([C@H](C)C(=O)N(C)C(C)C)c(=O)n2C[C@H](OCCO)c1cc(F)ccc1OC. The van der Waals surface area contributed by atoms with Gasteiger partial charge in [-0.15, -0.1) is 11.3 Å². The first-order valence-electron chi connectivity index (χ1n) is 13.2. The fourth-order valence-corrected chi connectivity index (χ4v) is 5.67. The first kappa shape index (κ1) is 32.0. The Balaban J connectivity index is 2.36. The van der Waals surface area contributed by atoms with Crippen LogP contribution in [-0.2, 0) is 20.8 Å². The van der Waals surface area contributed by atoms with Gasteiger partial charge in [0.15, 0.2) is 0 Å². The van der Waals surface area contributed by atoms with Gasteiger partial charge in [0.05, 0.1) is 38.9 Å². The van der Waals surface area contributed by atoms with Gasteiger partial charge in [-0.3, -0.25) is 14.2 Å². The van der Waals surface area contributed by atoms with Crippen LogP contribution in [0.4, 0.5) is 4.39 Å². The second-order valence-electron chi connectivity index (χ2n) is 9.71. The Morgan fingerprint density at radius 1 is 1.20 bits per heavy atom. The van der Waals surface area contributed by atoms with Crippen LogP contribution in [-0.4, -0.2) is 71.0 Å². The maximum atomic E-state index is 14.3. The summed E-state index contributed by atoms with van der Waals surface area (Å²) in [4.78, 5) is 55.6. The van der Waals surface area contributed by atoms with E-state index in [9.17, 15) is 28.7 Å². The molecule has 3 aromatic rings. The lowest BCUT2D eigenvalue weighted by Gasteiger charge is -2.27. The molecule has 13 heteroatoms. The second kappa shape index (κ2) is 13.4. The predicted octanol–water partition coefficient (Wildman–Crippen LogP) is 3.04. The van der Waals surface area contributed by atoms with Crippen molar-refractivity contribution in [1.29, 1.82) is 0 Å². The molecule has 0 unspecified atom stereocenters. The highest BCUT2D eigenvalue weighted by Crippen LogP contribution is 2.33. The molecular formula is C28H36FN3O8S. The van der Waals surface area contributed by atoms with Crippen LogP contribution in [0.15, 0.2) is 27.8 Å². The molecule has 0 aliphatic carbocycles. The van der Waals surface area contributed by atoms with E-state index < -0.39 is 41.1 Å². The molecule has 11 nitrogen and oxygen atoms in total. The number of carbonyl (C=O) groups excluding carboxylic acids is 2. The monoisotopic (exact) mass is 593 g/mol. The number of methoxy groups -OCH3 is 1. The Hall–Kier alpha value is -3.55. The van der Waals surface area contributed by atoms with Crippen molar-refractivity contribution in [1.82, 2.24) is 14.0 Å². The van der Waals surface area contributed by atoms with E-state index >= 15 is 0 Å². The van der Waals surface area contributed by atoms with E-state index in [2.05, 4.69) is 0 Å². The second-order valence-corrected chi connectivity index (χ2v) is 10.7. The zero-order valence-electron chi connectivity index (χ0n) is 24.2. The van der Waals surface area contributed by atoms with Gasteiger partial charge < -0.3 is 24.2 Å². The van der Waals surface area contributed by atoms with Crippen LogP contribution in [0.25, 0.3) is 10.2 Å². The van der Waals surface area contributed by atoms with Crippen LogP contribution in [0.5, 0.6) is 5.75 Å². The van der Waals surface area contributed by atoms with E-state index in [1.54, 1.807) is 34.7 Å². The number of amides is 1. The van der Waals surface area contributed by atoms with E-state index in [0.29, 0.717) is 5.56 Å². The van der Waals surface area contributed by atoms with Gasteiger partial charge in [0.2, 0.25) is 5.91 Å². The van der Waals surface area contributed by atoms with Crippen molar-refractivity contribution in [3.05, 3.63) is 60.9 Å². The maximum absolute atomic E-state index is 14.3. The van der Waals surface area contributed by atoms with Crippen LogP contribution in [0, 0.1) is 12.7 Å². The number of hydrogen-bond donors (Lipinski definition) is 1. The van der Waals surface area contributed by atoms with Gasteiger partial charge in [-0.05, 0) is 58.4 Å². The van der Waals surface area contributed by atoms with E-state index in [1.165, 1.54) is 41.7 Å². The van der Waals surface area contributed by atoms with Gasteiger partial charge >= 0.3 is 11.7 Å². The summed E-state index contributed by atoms with van der Waals surface area (Å²) in [6.45, 7) is 7.65. The Morgan fingerprint density at radius 2 is 1.88 bits per heavy atom. The summed E-state index contributed by atoms with van der Waals surface area (Å²) >= 11 is 0.911. The van der Waals surface area contributed by atoms with E-state index in [1.807, 2.05) is 0 Å². The third-order valence-electron chi connectivity index (χ3n) is 6.87. The Kier molecular flexibility index (Phi) is 10.5. The van der Waals surface area contributed by atoms with Crippen molar-refractivity contribution in [2.45, 2.75) is 59.4 Å². The number of fused-ring (bicyclic) bond motifs is 1. The van der Waals surface area contributed by atoms with Gasteiger partial charge in [-0.25, -0.2) is 18.5 Å². The number of likely N-dealkylation sites (N-methyl/N-ethyl adjacent to an activating group) is 1. The lowest BCUT2D eigenvalue weighted by molar-refractivity contribution is -0.134. The molecule has 0 saturated carbocycles. The Bertz CT molecular complexity index is 1540. The van der Waals surface area contributed by atoms with Crippen molar-refractivity contribution in [2.24, 2.45) is 0 Å². The van der Waals surface area contributed by atoms with E-state index in [0.717, 1.165) is 15.9 Å². The van der Waals surface area contributed by atoms with Crippen molar-refractivity contribution in [3.63, 3.8) is 0 Å². The molecule has 1 N–H and O–H groups in total. The third kappa shape index (κ3) is 6.36. The number of rotatable bonds is 12. The Morgan fingerprint density at radius 3 is 2.46 bits per heavy atom. The normalized spacial score (nSPS) is 12.9. The standard InChI is InChI=1S/C28H36FN3O8S/c1-8-39-27(36)23-16(4)22-25(35)32(17(5)24(34)30(6)15(2)3)28(37)31(26(22)41-23)14-21(40-12-11-33)19-13-18(29)9-10-20(19)38-7/h9-10,13,15,17,21,33H,8,11-12,14H2,1-7H3/t17-,21+/m1/s1. The fourth-order valence-electron chi connectivity index (χ4n) is 4.48. The number of hydrogen-bond acceptors (Lipinski definition) is 9. The first-order chi connectivity index (χ1) is 19.4. The van der Waals surface area contributed by atoms with Crippen molar-refractivity contribution in [2.75, 3.05) is 34.0 Å². The van der Waals surface area contributed by atoms with Crippen molar-refractivity contribution >= 4 is 33.4 Å². The zero-order chi connectivity index (χ0) is 30.6. The van der Waals surface area contributed by atoms with E-state index in [-0.39, 0.29) is 58.8 Å². The molecule has 0 aliphatic rings. The van der Waals surface area contributed by atoms with Gasteiger partial charge in [-0.1, -0.05) is 0 Å². The lowest BCUT2D eigenvalue weighted by atomic mass is 10.1. The molecule has 0 saturated heterocycles. The number of aromatic nitrogens is 2. The highest BCUT2D eigenvalue weighted by molar-refractivity contribution is 7.20. The molecule has 224 valence electrons. The highest BCUT2D eigenvalue weighted by atomic mass is 32.1. The summed E-state index contributed by atoms with van der Waals surface area (Å²) in [6, 6.07) is 2.45. The quantitative estimate of drug-likeness (QED) is 0.318. The smallest absolute Gasteiger partial charge is 0.348 e. The number of ether oxygens (including phenoxy) is 3. The number of thiophene rings is 1. The molecule has 0 fully saturated rings. The minimum absolute atomic E-state index is 0.0802. The van der Waals surface area contributed by atoms with Gasteiger partial charge in [0.25, 0.3) is 5.56 Å². The molecular weight excluding hydrogens is 557 g/mol. The summed E-state index contributed by atoms with van der Waals surface area (Å²) in [5, 5.41) is 9.54. The number of benzene rings is 1. The van der Waals surface area contributed by atoms with Crippen molar-refractivity contribution < 1.29 is 33.3 Å². The highest BCUT2D eigenvalue weighted by Gasteiger charge is 2.31. The molecule has 41 heavy (non-hydrogen) atoms. The van der Waals surface area contributed by atoms with Gasteiger partial charge in [0.1, 0.15) is 33.4 Å². The average molecular weight is 594 g/mol. The molecule has 0 aliphatic heterocycles. The topological polar surface area (TPSA) is 129 Å². The molecule has 2 heterocycles. The van der Waals surface area contributed by atoms with Crippen molar-refractivity contribution in [3.8, 4) is 5.75 Å². The minimum Gasteiger partial charge on any atom is -0.496 e. The van der Waals surface area contributed by atoms with Crippen LogP contribution in [0.2, 0.25) is 0 Å². The van der Waals surface area contributed by atoms with Gasteiger partial charge in [-0.2, -0.15) is 0 Å². The predicted molar refractivity (Wildman–Crippen MR) is 152 cm³/mol. The molecule has 0 radical (unpaired) electrons. The van der Waals surface area contributed by atoms with Gasteiger partial charge in [0, 0.05) is 18.7 Å². The van der Waals surface area contributed by atoms with E-state index in [4.69, 9.17) is 14.2 Å². The molecule has 1 aromatic carbocycles. The molecule has 2 atom stereocenters. The molecule has 1 amide bonds. The zero-order valence-corrected chi connectivity index (χ0v) is 25.0. The lowest BCUT2D eigenvalue weighted by Crippen LogP contribution is -2.47. The molecule has 0 spiro atoms. The molecule has 0 bridgehead atoms. The van der Waals surface area contributed by atoms with Crippen LogP contribution >= 0.6 is 11.3 Å². The minimum atomic E-state index is -1.18. The number of carbonyl (C=O) groups is 2. The summed E-state index contributed by atoms with van der Waals surface area (Å²) in [6.07, 6.45) is -1.02. The summed E-state index contributed by atoms with van der Waals surface area (Å²) in [5.74, 6) is -1.40. The number of aryl methyl sites for hydroxylation is 1. The summed E-state index contributed by atoms with van der Waals surface area (Å²) < 4.78 is 32.9. The number of aliphatic hydroxyl groups is 1. The first-order valence-corrected chi connectivity index (χ1v) is 14.0. The summed E-state index contributed by atoms with van der Waals surface area (Å²) in [7, 11) is 2.98. The number of nitrogens with zero attached hydrogens (tertiary/aromatic N) is 3. The average Bonchev–Trinajstić information content (AvgIpc) is 3.28. The Labute approximate surface area is 240 Å². The van der Waals surface area contributed by atoms with Crippen LogP contribution < -0.4 is 16.0 Å². The fraction of sp³-hybridized carbons (Fsp3) is 0.500. The number of halogens is 1. The van der Waals surface area contributed by atoms with Crippen LogP contribution in [0.3, 0.4) is 0 Å². The number of aliphatic hydroxyl groups excluding tert-OH is 1. The summed E-state index contributed by atoms with van der Waals surface area (Å²) in [5.41, 5.74) is -0.963. The molecule has 3 rings (SSSR count).